The first-order valence-electron chi connectivity index (χ1n) is 6.47. The molecule has 0 radical (unpaired) electrons. The lowest BCUT2D eigenvalue weighted by Gasteiger charge is -2.15. The highest BCUT2D eigenvalue weighted by atomic mass is 19.4. The van der Waals surface area contributed by atoms with Gasteiger partial charge in [-0.15, -0.1) is 0 Å². The molecule has 18 heavy (non-hydrogen) atoms. The standard InChI is InChI=1S/C13H15F3O2/c1-3-11(17)7-9(2)18-12-6-4-5-10(8-12)13(14,15)16/h4-6,8-9H,3,7H2,1-2H3/t9-/m1/s1/i7D,9D/t7-,9+/m0. The van der Waals surface area contributed by atoms with Gasteiger partial charge in [-0.2, -0.15) is 13.2 Å². The van der Waals surface area contributed by atoms with Gasteiger partial charge in [-0.1, -0.05) is 13.0 Å². The van der Waals surface area contributed by atoms with E-state index in [0.29, 0.717) is 0 Å². The van der Waals surface area contributed by atoms with E-state index in [9.17, 15) is 18.0 Å². The fourth-order valence-electron chi connectivity index (χ4n) is 1.28. The molecule has 0 saturated carbocycles. The molecule has 1 rings (SSSR count). The monoisotopic (exact) mass is 262 g/mol. The van der Waals surface area contributed by atoms with E-state index in [1.165, 1.54) is 13.0 Å². The molecular weight excluding hydrogens is 245 g/mol. The normalized spacial score (nSPS) is 18.3. The molecule has 0 bridgehead atoms. The minimum Gasteiger partial charge on any atom is -0.490 e. The number of hydrogen-bond donors (Lipinski definition) is 0. The third-order valence-electron chi connectivity index (χ3n) is 2.15. The SMILES string of the molecule is [2H][C@H](C(=O)CC)[C@@]([2H])(C)Oc1cccc(C(F)(F)F)c1. The zero-order chi connectivity index (χ0) is 15.6. The van der Waals surface area contributed by atoms with Crippen LogP contribution in [0.4, 0.5) is 13.2 Å². The van der Waals surface area contributed by atoms with E-state index in [4.69, 9.17) is 7.48 Å². The second kappa shape index (κ2) is 5.89. The van der Waals surface area contributed by atoms with Crippen molar-refractivity contribution in [2.75, 3.05) is 0 Å². The highest BCUT2D eigenvalue weighted by Crippen LogP contribution is 2.31. The first-order chi connectivity index (χ1) is 9.08. The average Bonchev–Trinajstić information content (AvgIpc) is 2.35. The minimum absolute atomic E-state index is 0.0641. The molecule has 100 valence electrons. The average molecular weight is 262 g/mol. The molecular formula is C13H15F3O2. The molecule has 5 heteroatoms. The highest BCUT2D eigenvalue weighted by molar-refractivity contribution is 5.78. The van der Waals surface area contributed by atoms with Crippen molar-refractivity contribution in [1.82, 2.24) is 0 Å². The van der Waals surface area contributed by atoms with Crippen LogP contribution in [0, 0.1) is 0 Å². The summed E-state index contributed by atoms with van der Waals surface area (Å²) in [5.74, 6) is -0.701. The molecule has 0 aliphatic carbocycles. The van der Waals surface area contributed by atoms with Gasteiger partial charge in [0.15, 0.2) is 0 Å². The van der Waals surface area contributed by atoms with E-state index in [2.05, 4.69) is 0 Å². The molecule has 0 N–H and O–H groups in total. The van der Waals surface area contributed by atoms with Gasteiger partial charge in [-0.3, -0.25) is 4.79 Å². The second-order valence-corrected chi connectivity index (χ2v) is 3.70. The van der Waals surface area contributed by atoms with Gasteiger partial charge in [-0.05, 0) is 25.1 Å². The molecule has 0 aliphatic heterocycles. The smallest absolute Gasteiger partial charge is 0.416 e. The Morgan fingerprint density at radius 1 is 1.56 bits per heavy atom. The highest BCUT2D eigenvalue weighted by Gasteiger charge is 2.30. The van der Waals surface area contributed by atoms with E-state index in [1.54, 1.807) is 6.92 Å². The third-order valence-corrected chi connectivity index (χ3v) is 2.15. The third kappa shape index (κ3) is 4.39. The number of benzene rings is 1. The van der Waals surface area contributed by atoms with Crippen molar-refractivity contribution in [1.29, 1.82) is 0 Å². The lowest BCUT2D eigenvalue weighted by Crippen LogP contribution is -2.17. The molecule has 0 aromatic heterocycles. The van der Waals surface area contributed by atoms with Crippen LogP contribution in [0.1, 0.15) is 35.0 Å². The van der Waals surface area contributed by atoms with Gasteiger partial charge in [-0.25, -0.2) is 0 Å². The summed E-state index contributed by atoms with van der Waals surface area (Å²) in [4.78, 5) is 11.4. The Morgan fingerprint density at radius 3 is 2.78 bits per heavy atom. The maximum absolute atomic E-state index is 12.5. The predicted octanol–water partition coefficient (Wildman–Crippen LogP) is 3.84. The Morgan fingerprint density at radius 2 is 2.22 bits per heavy atom. The van der Waals surface area contributed by atoms with Gasteiger partial charge < -0.3 is 4.74 Å². The number of halogens is 3. The zero-order valence-corrected chi connectivity index (χ0v) is 10.0. The maximum Gasteiger partial charge on any atom is 0.416 e. The fourth-order valence-corrected chi connectivity index (χ4v) is 1.28. The van der Waals surface area contributed by atoms with Crippen molar-refractivity contribution < 1.29 is 25.4 Å². The van der Waals surface area contributed by atoms with Crippen molar-refractivity contribution in [3.8, 4) is 5.75 Å². The minimum atomic E-state index is -4.52. The fraction of sp³-hybridized carbons (Fsp3) is 0.462. The van der Waals surface area contributed by atoms with Crippen LogP contribution in [-0.2, 0) is 11.0 Å². The molecule has 1 aromatic carbocycles. The number of carbonyl (C=O) groups is 1. The quantitative estimate of drug-likeness (QED) is 0.805. The Kier molecular flexibility index (Phi) is 3.78. The Labute approximate surface area is 107 Å². The molecule has 0 unspecified atom stereocenters. The van der Waals surface area contributed by atoms with Crippen LogP contribution in [0.25, 0.3) is 0 Å². The van der Waals surface area contributed by atoms with Crippen molar-refractivity contribution >= 4 is 5.78 Å². The van der Waals surface area contributed by atoms with Crippen molar-refractivity contribution in [3.63, 3.8) is 0 Å². The summed E-state index contributed by atoms with van der Waals surface area (Å²) in [7, 11) is 0. The van der Waals surface area contributed by atoms with E-state index in [-0.39, 0.29) is 12.2 Å². The topological polar surface area (TPSA) is 26.3 Å². The zero-order valence-electron chi connectivity index (χ0n) is 12.0. The number of rotatable bonds is 5. The number of carbonyl (C=O) groups excluding carboxylic acids is 1. The summed E-state index contributed by atoms with van der Waals surface area (Å²) >= 11 is 0. The maximum atomic E-state index is 12.5. The summed E-state index contributed by atoms with van der Waals surface area (Å²) in [5.41, 5.74) is -0.908. The molecule has 2 nitrogen and oxygen atoms in total. The summed E-state index contributed by atoms with van der Waals surface area (Å²) < 4.78 is 58.2. The molecule has 0 spiro atoms. The van der Waals surface area contributed by atoms with Crippen molar-refractivity contribution in [2.45, 2.75) is 38.9 Å². The second-order valence-electron chi connectivity index (χ2n) is 3.70. The first-order valence-corrected chi connectivity index (χ1v) is 5.39. The molecule has 0 aliphatic rings. The molecule has 2 atom stereocenters. The number of ketones is 1. The van der Waals surface area contributed by atoms with E-state index in [1.807, 2.05) is 0 Å². The summed E-state index contributed by atoms with van der Waals surface area (Å²) in [6.45, 7) is 2.72. The molecule has 0 amide bonds. The van der Waals surface area contributed by atoms with Gasteiger partial charge >= 0.3 is 6.18 Å². The Balaban J connectivity index is 2.95. The van der Waals surface area contributed by atoms with Gasteiger partial charge in [0, 0.05) is 14.2 Å². The van der Waals surface area contributed by atoms with Crippen LogP contribution >= 0.6 is 0 Å². The predicted molar refractivity (Wildman–Crippen MR) is 61.4 cm³/mol. The van der Waals surface area contributed by atoms with Crippen LogP contribution in [0.15, 0.2) is 24.3 Å². The molecule has 0 saturated heterocycles. The molecule has 1 aromatic rings. The van der Waals surface area contributed by atoms with Crippen molar-refractivity contribution in [3.05, 3.63) is 29.8 Å². The van der Waals surface area contributed by atoms with E-state index < -0.39 is 30.0 Å². The van der Waals surface area contributed by atoms with Crippen LogP contribution in [-0.4, -0.2) is 11.9 Å². The van der Waals surface area contributed by atoms with Crippen LogP contribution in [0.3, 0.4) is 0 Å². The van der Waals surface area contributed by atoms with Gasteiger partial charge in [0.1, 0.15) is 17.6 Å². The summed E-state index contributed by atoms with van der Waals surface area (Å²) in [6.07, 6.45) is -7.88. The number of ether oxygens (including phenoxy) is 1. The number of Topliss-reactive ketones (excluding diaryl/α,β-unsaturated/α-hetero) is 1. The molecule has 0 heterocycles. The lowest BCUT2D eigenvalue weighted by molar-refractivity contribution is -0.137. The largest absolute Gasteiger partial charge is 0.490 e. The summed E-state index contributed by atoms with van der Waals surface area (Å²) in [5, 5.41) is 0. The summed E-state index contributed by atoms with van der Waals surface area (Å²) in [6, 6.07) is 4.03. The van der Waals surface area contributed by atoms with E-state index in [0.717, 1.165) is 18.2 Å². The van der Waals surface area contributed by atoms with Gasteiger partial charge in [0.05, 0.1) is 6.93 Å². The van der Waals surface area contributed by atoms with Crippen LogP contribution in [0.5, 0.6) is 5.75 Å². The van der Waals surface area contributed by atoms with E-state index >= 15 is 0 Å². The Bertz CT molecular complexity index is 487. The molecule has 0 fully saturated rings. The van der Waals surface area contributed by atoms with Gasteiger partial charge in [0.25, 0.3) is 0 Å². The Hall–Kier alpha value is -1.52. The van der Waals surface area contributed by atoms with Crippen molar-refractivity contribution in [2.24, 2.45) is 0 Å². The first kappa shape index (κ1) is 11.6. The van der Waals surface area contributed by atoms with Gasteiger partial charge in [0.2, 0.25) is 0 Å². The number of alkyl halides is 3. The lowest BCUT2D eigenvalue weighted by atomic mass is 10.1. The van der Waals surface area contributed by atoms with Crippen LogP contribution < -0.4 is 4.74 Å². The number of hydrogen-bond acceptors (Lipinski definition) is 2. The van der Waals surface area contributed by atoms with Crippen LogP contribution in [0.2, 0.25) is 0 Å².